The topological polar surface area (TPSA) is 29.5 Å². The van der Waals surface area contributed by atoms with Gasteiger partial charge in [0.2, 0.25) is 0 Å². The molecular formula is C12H17O2W-. The molecule has 1 rings (SSSR count). The monoisotopic (exact) mass is 377 g/mol. The summed E-state index contributed by atoms with van der Waals surface area (Å²) >= 11 is 0. The second kappa shape index (κ2) is 7.90. The third kappa shape index (κ3) is 5.34. The fourth-order valence-electron chi connectivity index (χ4n) is 1.28. The second-order valence-corrected chi connectivity index (χ2v) is 3.31. The van der Waals surface area contributed by atoms with E-state index in [0.29, 0.717) is 13.0 Å². The first-order chi connectivity index (χ1) is 6.74. The van der Waals surface area contributed by atoms with Gasteiger partial charge in [-0.3, -0.25) is 0 Å². The molecule has 0 aliphatic carbocycles. The minimum atomic E-state index is -0.568. The van der Waals surface area contributed by atoms with E-state index in [2.05, 4.69) is 13.8 Å². The van der Waals surface area contributed by atoms with Crippen molar-refractivity contribution in [3.63, 3.8) is 0 Å². The van der Waals surface area contributed by atoms with Crippen LogP contribution >= 0.6 is 0 Å². The third-order valence-corrected chi connectivity index (χ3v) is 1.89. The van der Waals surface area contributed by atoms with Crippen molar-refractivity contribution in [3.8, 4) is 5.75 Å². The van der Waals surface area contributed by atoms with Gasteiger partial charge in [0.25, 0.3) is 0 Å². The fraction of sp³-hybridized carbons (Fsp3) is 0.417. The Kier molecular flexibility index (Phi) is 7.72. The molecule has 0 aliphatic heterocycles. The molecule has 0 radical (unpaired) electrons. The molecular weight excluding hydrogens is 360 g/mol. The smallest absolute Gasteiger partial charge is 0.122 e. The van der Waals surface area contributed by atoms with E-state index in [0.717, 1.165) is 17.7 Å². The van der Waals surface area contributed by atoms with Crippen molar-refractivity contribution in [1.82, 2.24) is 0 Å². The number of para-hydroxylation sites is 1. The first kappa shape index (κ1) is 14.7. The molecule has 0 aromatic heterocycles. The van der Waals surface area contributed by atoms with Gasteiger partial charge in [-0.25, -0.2) is 0 Å². The molecule has 0 aliphatic rings. The van der Waals surface area contributed by atoms with Gasteiger partial charge >= 0.3 is 0 Å². The van der Waals surface area contributed by atoms with Crippen LogP contribution in [-0.2, 0) is 27.5 Å². The van der Waals surface area contributed by atoms with E-state index in [1.807, 2.05) is 24.3 Å². The molecule has 2 nitrogen and oxygen atoms in total. The zero-order valence-corrected chi connectivity index (χ0v) is 11.9. The van der Waals surface area contributed by atoms with Crippen molar-refractivity contribution in [1.29, 1.82) is 0 Å². The summed E-state index contributed by atoms with van der Waals surface area (Å²) in [5, 5.41) is 9.19. The summed E-state index contributed by atoms with van der Waals surface area (Å²) in [5.41, 5.74) is 1.02. The van der Waals surface area contributed by atoms with Crippen LogP contribution in [0.2, 0.25) is 0 Å². The van der Waals surface area contributed by atoms with E-state index in [4.69, 9.17) is 4.74 Å². The first-order valence-corrected chi connectivity index (χ1v) is 4.96. The predicted molar refractivity (Wildman–Crippen MR) is 57.3 cm³/mol. The Morgan fingerprint density at radius 3 is 2.67 bits per heavy atom. The fourth-order valence-corrected chi connectivity index (χ4v) is 1.28. The van der Waals surface area contributed by atoms with E-state index in [1.165, 1.54) is 0 Å². The predicted octanol–water partition coefficient (Wildman–Crippen LogP) is 2.21. The molecule has 0 bridgehead atoms. The molecule has 84 valence electrons. The molecule has 1 aromatic carbocycles. The van der Waals surface area contributed by atoms with E-state index in [-0.39, 0.29) is 21.1 Å². The Morgan fingerprint density at radius 1 is 1.40 bits per heavy atom. The van der Waals surface area contributed by atoms with Crippen molar-refractivity contribution < 1.29 is 30.9 Å². The van der Waals surface area contributed by atoms with Crippen LogP contribution in [0.15, 0.2) is 24.3 Å². The summed E-state index contributed by atoms with van der Waals surface area (Å²) in [4.78, 5) is 0. The maximum atomic E-state index is 9.19. The number of hydrogen-bond acceptors (Lipinski definition) is 2. The minimum absolute atomic E-state index is 0. The second-order valence-electron chi connectivity index (χ2n) is 3.31. The quantitative estimate of drug-likeness (QED) is 0.798. The Bertz CT molecular complexity index is 274. The molecule has 0 fully saturated rings. The molecule has 0 saturated carbocycles. The molecule has 1 aromatic rings. The average Bonchev–Trinajstić information content (AvgIpc) is 2.16. The molecule has 3 heteroatoms. The molecule has 0 unspecified atom stereocenters. The van der Waals surface area contributed by atoms with Gasteiger partial charge in [0.05, 0.1) is 6.61 Å². The van der Waals surface area contributed by atoms with E-state index < -0.39 is 6.10 Å². The third-order valence-electron chi connectivity index (χ3n) is 1.89. The van der Waals surface area contributed by atoms with Gasteiger partial charge in [-0.05, 0) is 24.5 Å². The SMILES string of the molecule is [CH2-][C@@H](O)Cc1ccccc1OCCC.[W]. The maximum Gasteiger partial charge on any atom is 0.122 e. The van der Waals surface area contributed by atoms with Crippen molar-refractivity contribution in [2.24, 2.45) is 0 Å². The van der Waals surface area contributed by atoms with Crippen molar-refractivity contribution in [2.45, 2.75) is 25.9 Å². The van der Waals surface area contributed by atoms with Crippen molar-refractivity contribution >= 4 is 0 Å². The number of aliphatic hydroxyl groups excluding tert-OH is 1. The van der Waals surface area contributed by atoms with Gasteiger partial charge in [0.15, 0.2) is 0 Å². The van der Waals surface area contributed by atoms with Crippen LogP contribution in [-0.4, -0.2) is 17.8 Å². The van der Waals surface area contributed by atoms with Gasteiger partial charge in [-0.2, -0.15) is 0 Å². The molecule has 1 N–H and O–H groups in total. The Hall–Kier alpha value is -0.332. The molecule has 15 heavy (non-hydrogen) atoms. The summed E-state index contributed by atoms with van der Waals surface area (Å²) in [7, 11) is 0. The van der Waals surface area contributed by atoms with E-state index >= 15 is 0 Å². The molecule has 1 atom stereocenters. The van der Waals surface area contributed by atoms with Gasteiger partial charge in [-0.15, -0.1) is 0 Å². The Balaban J connectivity index is 0.00000196. The minimum Gasteiger partial charge on any atom is -0.493 e. The number of hydrogen-bond donors (Lipinski definition) is 1. The summed E-state index contributed by atoms with van der Waals surface area (Å²) in [6.45, 7) is 6.34. The first-order valence-electron chi connectivity index (χ1n) is 4.96. The zero-order chi connectivity index (χ0) is 10.4. The number of benzene rings is 1. The Morgan fingerprint density at radius 2 is 2.07 bits per heavy atom. The largest absolute Gasteiger partial charge is 0.493 e. The number of ether oxygens (including phenoxy) is 1. The van der Waals surface area contributed by atoms with Crippen molar-refractivity contribution in [2.75, 3.05) is 6.61 Å². The number of aliphatic hydroxyl groups is 1. The molecule has 0 heterocycles. The van der Waals surface area contributed by atoms with Crippen LogP contribution < -0.4 is 4.74 Å². The molecule has 0 saturated heterocycles. The van der Waals surface area contributed by atoms with E-state index in [1.54, 1.807) is 0 Å². The van der Waals surface area contributed by atoms with Crippen LogP contribution in [0.25, 0.3) is 0 Å². The van der Waals surface area contributed by atoms with Gasteiger partial charge in [0.1, 0.15) is 5.75 Å². The molecule has 0 amide bonds. The summed E-state index contributed by atoms with van der Waals surface area (Å²) in [5.74, 6) is 0.858. The average molecular weight is 377 g/mol. The summed E-state index contributed by atoms with van der Waals surface area (Å²) in [6, 6.07) is 7.76. The Labute approximate surface area is 106 Å². The van der Waals surface area contributed by atoms with Gasteiger partial charge in [0, 0.05) is 21.1 Å². The van der Waals surface area contributed by atoms with Crippen LogP contribution in [0.5, 0.6) is 5.75 Å². The van der Waals surface area contributed by atoms with Crippen LogP contribution in [0.1, 0.15) is 18.9 Å². The summed E-state index contributed by atoms with van der Waals surface area (Å²) in [6.07, 6.45) is 0.961. The normalized spacial score (nSPS) is 11.7. The van der Waals surface area contributed by atoms with Gasteiger partial charge < -0.3 is 16.8 Å². The summed E-state index contributed by atoms with van der Waals surface area (Å²) < 4.78 is 5.55. The van der Waals surface area contributed by atoms with E-state index in [9.17, 15) is 5.11 Å². The van der Waals surface area contributed by atoms with Crippen LogP contribution in [0.4, 0.5) is 0 Å². The number of rotatable bonds is 5. The van der Waals surface area contributed by atoms with Crippen LogP contribution in [0, 0.1) is 6.92 Å². The van der Waals surface area contributed by atoms with Crippen molar-refractivity contribution in [3.05, 3.63) is 36.8 Å². The van der Waals surface area contributed by atoms with Crippen LogP contribution in [0.3, 0.4) is 0 Å². The standard InChI is InChI=1S/C12H17O2.W/c1-3-8-14-12-7-5-4-6-11(12)9-10(2)13;/h4-7,10,13H,2-3,8-9H2,1H3;/q-1;/t10-;/m1./s1. The maximum absolute atomic E-state index is 9.19. The zero-order valence-electron chi connectivity index (χ0n) is 8.98. The van der Waals surface area contributed by atoms with Gasteiger partial charge in [-0.1, -0.05) is 31.2 Å². The molecule has 0 spiro atoms.